The molecule has 1 saturated heterocycles. The molecule has 4 N–H and O–H groups in total. The molecule has 0 aliphatic carbocycles. The normalized spacial score (nSPS) is 14.6. The lowest BCUT2D eigenvalue weighted by Crippen LogP contribution is -2.36. The van der Waals surface area contributed by atoms with E-state index >= 15 is 0 Å². The van der Waals surface area contributed by atoms with Gasteiger partial charge in [0.15, 0.2) is 0 Å². The van der Waals surface area contributed by atoms with Crippen LogP contribution in [0.1, 0.15) is 35.2 Å². The van der Waals surface area contributed by atoms with Crippen molar-refractivity contribution in [2.24, 2.45) is 0 Å². The first kappa shape index (κ1) is 18.9. The van der Waals surface area contributed by atoms with Crippen LogP contribution in [0.25, 0.3) is 0 Å². The smallest absolute Gasteiger partial charge is 0.257 e. The van der Waals surface area contributed by atoms with Gasteiger partial charge in [-0.15, -0.1) is 0 Å². The van der Waals surface area contributed by atoms with Crippen LogP contribution in [-0.4, -0.2) is 36.3 Å². The van der Waals surface area contributed by atoms with Gasteiger partial charge in [-0.1, -0.05) is 24.6 Å². The van der Waals surface area contributed by atoms with Crippen molar-refractivity contribution < 1.29 is 9.59 Å². The molecule has 27 heavy (non-hydrogen) atoms. The van der Waals surface area contributed by atoms with Gasteiger partial charge in [0, 0.05) is 17.1 Å². The van der Waals surface area contributed by atoms with Gasteiger partial charge in [-0.05, 0) is 62.7 Å². The highest BCUT2D eigenvalue weighted by molar-refractivity contribution is 6.08. The van der Waals surface area contributed by atoms with Crippen LogP contribution >= 0.6 is 0 Å². The maximum Gasteiger partial charge on any atom is 0.257 e. The zero-order valence-electron chi connectivity index (χ0n) is 15.6. The van der Waals surface area contributed by atoms with Gasteiger partial charge in [0.2, 0.25) is 5.91 Å². The Morgan fingerprint density at radius 1 is 1.04 bits per heavy atom. The molecule has 3 rings (SSSR count). The second-order valence-electron chi connectivity index (χ2n) is 6.96. The van der Waals surface area contributed by atoms with Gasteiger partial charge in [-0.2, -0.15) is 0 Å². The molecule has 0 spiro atoms. The van der Waals surface area contributed by atoms with E-state index in [0.29, 0.717) is 29.2 Å². The van der Waals surface area contributed by atoms with Crippen LogP contribution in [0, 0.1) is 6.92 Å². The molecule has 0 unspecified atom stereocenters. The molecule has 1 aliphatic heterocycles. The van der Waals surface area contributed by atoms with E-state index in [0.717, 1.165) is 31.5 Å². The van der Waals surface area contributed by atoms with Crippen LogP contribution in [0.3, 0.4) is 0 Å². The third-order valence-corrected chi connectivity index (χ3v) is 4.79. The predicted octanol–water partition coefficient (Wildman–Crippen LogP) is 3.25. The van der Waals surface area contributed by atoms with Crippen LogP contribution in [0.15, 0.2) is 42.5 Å². The lowest BCUT2D eigenvalue weighted by molar-refractivity contribution is -0.117. The number of rotatable bonds is 5. The third kappa shape index (κ3) is 5.08. The lowest BCUT2D eigenvalue weighted by atomic mass is 10.1. The number of carbonyl (C=O) groups is 2. The van der Waals surface area contributed by atoms with Crippen LogP contribution in [0.2, 0.25) is 0 Å². The number of hydrogen-bond acceptors (Lipinski definition) is 4. The molecule has 0 atom stereocenters. The van der Waals surface area contributed by atoms with Gasteiger partial charge in [0.1, 0.15) is 0 Å². The number of hydrogen-bond donors (Lipinski definition) is 3. The summed E-state index contributed by atoms with van der Waals surface area (Å²) in [7, 11) is 0. The molecular weight excluding hydrogens is 340 g/mol. The zero-order chi connectivity index (χ0) is 19.2. The first-order chi connectivity index (χ1) is 13.0. The van der Waals surface area contributed by atoms with Crippen LogP contribution in [0.4, 0.5) is 17.1 Å². The predicted molar refractivity (Wildman–Crippen MR) is 109 cm³/mol. The number of para-hydroxylation sites is 1. The number of amides is 2. The first-order valence-electron chi connectivity index (χ1n) is 9.31. The highest BCUT2D eigenvalue weighted by Crippen LogP contribution is 2.22. The number of aryl methyl sites for hydroxylation is 1. The van der Waals surface area contributed by atoms with Gasteiger partial charge in [0.05, 0.1) is 12.1 Å². The summed E-state index contributed by atoms with van der Waals surface area (Å²) in [5.41, 5.74) is 8.98. The molecule has 1 fully saturated rings. The van der Waals surface area contributed by atoms with E-state index in [1.807, 2.05) is 19.1 Å². The molecule has 0 bridgehead atoms. The average molecular weight is 366 g/mol. The first-order valence-corrected chi connectivity index (χ1v) is 9.31. The molecule has 6 heteroatoms. The van der Waals surface area contributed by atoms with Gasteiger partial charge in [-0.3, -0.25) is 14.5 Å². The third-order valence-electron chi connectivity index (χ3n) is 4.79. The Morgan fingerprint density at radius 2 is 1.78 bits per heavy atom. The molecule has 0 saturated carbocycles. The van der Waals surface area contributed by atoms with Crippen molar-refractivity contribution in [1.29, 1.82) is 0 Å². The fourth-order valence-electron chi connectivity index (χ4n) is 3.25. The van der Waals surface area contributed by atoms with E-state index < -0.39 is 0 Å². The monoisotopic (exact) mass is 366 g/mol. The lowest BCUT2D eigenvalue weighted by Gasteiger charge is -2.25. The quantitative estimate of drug-likeness (QED) is 0.709. The number of carbonyl (C=O) groups excluding carboxylic acids is 2. The summed E-state index contributed by atoms with van der Waals surface area (Å²) in [6.07, 6.45) is 3.54. The summed E-state index contributed by atoms with van der Waals surface area (Å²) in [5, 5.41) is 5.81. The number of anilines is 3. The minimum atomic E-state index is -0.275. The Balaban J connectivity index is 1.66. The van der Waals surface area contributed by atoms with E-state index in [9.17, 15) is 9.59 Å². The highest BCUT2D eigenvalue weighted by atomic mass is 16.2. The molecular formula is C21H26N4O2. The Kier molecular flexibility index (Phi) is 6.08. The Hall–Kier alpha value is -2.86. The molecule has 0 aromatic heterocycles. The van der Waals surface area contributed by atoms with Gasteiger partial charge >= 0.3 is 0 Å². The Bertz CT molecular complexity index is 829. The zero-order valence-corrected chi connectivity index (χ0v) is 15.6. The van der Waals surface area contributed by atoms with E-state index in [4.69, 9.17) is 5.73 Å². The van der Waals surface area contributed by atoms with Gasteiger partial charge < -0.3 is 16.4 Å². The van der Waals surface area contributed by atoms with Gasteiger partial charge in [-0.25, -0.2) is 0 Å². The van der Waals surface area contributed by atoms with Crippen LogP contribution in [-0.2, 0) is 4.79 Å². The number of likely N-dealkylation sites (tertiary alicyclic amines) is 1. The molecule has 2 aromatic carbocycles. The number of nitrogens with one attached hydrogen (secondary N) is 2. The molecule has 1 aliphatic rings. The summed E-state index contributed by atoms with van der Waals surface area (Å²) < 4.78 is 0. The summed E-state index contributed by atoms with van der Waals surface area (Å²) in [6.45, 7) is 4.27. The number of nitrogens with zero attached hydrogens (tertiary/aromatic N) is 1. The van der Waals surface area contributed by atoms with Gasteiger partial charge in [0.25, 0.3) is 5.91 Å². The summed E-state index contributed by atoms with van der Waals surface area (Å²) in [6, 6.07) is 12.4. The Morgan fingerprint density at radius 3 is 2.52 bits per heavy atom. The highest BCUT2D eigenvalue weighted by Gasteiger charge is 2.15. The number of nitrogens with two attached hydrogens (primary N) is 1. The van der Waals surface area contributed by atoms with E-state index in [-0.39, 0.29) is 11.8 Å². The molecule has 2 amide bonds. The molecule has 142 valence electrons. The van der Waals surface area contributed by atoms with Crippen LogP contribution < -0.4 is 16.4 Å². The van der Waals surface area contributed by atoms with E-state index in [2.05, 4.69) is 15.5 Å². The van der Waals surface area contributed by atoms with Crippen LogP contribution in [0.5, 0.6) is 0 Å². The summed E-state index contributed by atoms with van der Waals surface area (Å²) >= 11 is 0. The van der Waals surface area contributed by atoms with E-state index in [1.165, 1.54) is 6.42 Å². The number of benzene rings is 2. The fourth-order valence-corrected chi connectivity index (χ4v) is 3.25. The van der Waals surface area contributed by atoms with Crippen molar-refractivity contribution >= 4 is 28.9 Å². The Labute approximate surface area is 159 Å². The fraction of sp³-hybridized carbons (Fsp3) is 0.333. The van der Waals surface area contributed by atoms with Crippen molar-refractivity contribution in [3.8, 4) is 0 Å². The summed E-state index contributed by atoms with van der Waals surface area (Å²) in [5.74, 6) is -0.307. The van der Waals surface area contributed by atoms with Crippen molar-refractivity contribution in [2.45, 2.75) is 26.2 Å². The second kappa shape index (κ2) is 8.68. The number of nitrogen functional groups attached to an aromatic ring is 1. The largest absolute Gasteiger partial charge is 0.398 e. The minimum Gasteiger partial charge on any atom is -0.398 e. The number of piperidine rings is 1. The maximum atomic E-state index is 12.4. The minimum absolute atomic E-state index is 0.0317. The van der Waals surface area contributed by atoms with Crippen molar-refractivity contribution in [2.75, 3.05) is 36.0 Å². The SMILES string of the molecule is Cc1ccc(NC(=O)c2ccccc2N)cc1NC(=O)CN1CCCCC1. The summed E-state index contributed by atoms with van der Waals surface area (Å²) in [4.78, 5) is 27.0. The van der Waals surface area contributed by atoms with E-state index in [1.54, 1.807) is 30.3 Å². The molecule has 1 heterocycles. The molecule has 2 aromatic rings. The van der Waals surface area contributed by atoms with Crippen molar-refractivity contribution in [3.05, 3.63) is 53.6 Å². The molecule has 0 radical (unpaired) electrons. The maximum absolute atomic E-state index is 12.4. The topological polar surface area (TPSA) is 87.5 Å². The second-order valence-corrected chi connectivity index (χ2v) is 6.96. The molecule has 6 nitrogen and oxygen atoms in total. The van der Waals surface area contributed by atoms with Crippen molar-refractivity contribution in [3.63, 3.8) is 0 Å². The standard InChI is InChI=1S/C21H26N4O2/c1-15-9-10-16(23-21(27)17-7-3-4-8-18(17)22)13-19(15)24-20(26)14-25-11-5-2-6-12-25/h3-4,7-10,13H,2,5-6,11-12,14,22H2,1H3,(H,23,27)(H,24,26). The average Bonchev–Trinajstić information content (AvgIpc) is 2.65. The van der Waals surface area contributed by atoms with Crippen molar-refractivity contribution in [1.82, 2.24) is 4.90 Å².